The molecule has 0 saturated carbocycles. The molecule has 0 radical (unpaired) electrons. The van der Waals surface area contributed by atoms with E-state index in [9.17, 15) is 9.90 Å². The van der Waals surface area contributed by atoms with Crippen molar-refractivity contribution in [2.45, 2.75) is 44.1 Å². The minimum atomic E-state index is -0.637. The number of halogens is 1. The van der Waals surface area contributed by atoms with E-state index in [-0.39, 0.29) is 5.91 Å². The number of rotatable bonds is 3. The Morgan fingerprint density at radius 3 is 3.05 bits per heavy atom. The lowest BCUT2D eigenvalue weighted by Gasteiger charge is -2.22. The Morgan fingerprint density at radius 1 is 1.58 bits per heavy atom. The summed E-state index contributed by atoms with van der Waals surface area (Å²) in [5.74, 6) is 0.477. The molecule has 4 nitrogen and oxygen atoms in total. The summed E-state index contributed by atoms with van der Waals surface area (Å²) < 4.78 is 0. The van der Waals surface area contributed by atoms with Gasteiger partial charge in [-0.3, -0.25) is 4.79 Å². The number of hydrogen-bond donors (Lipinski definition) is 1. The highest BCUT2D eigenvalue weighted by atomic mass is 35.5. The molecule has 0 spiro atoms. The first-order chi connectivity index (χ1) is 9.00. The van der Waals surface area contributed by atoms with Gasteiger partial charge in [-0.1, -0.05) is 0 Å². The Morgan fingerprint density at radius 2 is 2.37 bits per heavy atom. The van der Waals surface area contributed by atoms with E-state index in [1.54, 1.807) is 0 Å². The van der Waals surface area contributed by atoms with E-state index in [2.05, 4.69) is 4.98 Å². The zero-order valence-corrected chi connectivity index (χ0v) is 12.6. The highest BCUT2D eigenvalue weighted by Gasteiger charge is 2.27. The van der Waals surface area contributed by atoms with Gasteiger partial charge in [0, 0.05) is 18.5 Å². The van der Waals surface area contributed by atoms with Gasteiger partial charge in [-0.15, -0.1) is 22.9 Å². The summed E-state index contributed by atoms with van der Waals surface area (Å²) in [6.45, 7) is 3.19. The molecule has 1 atom stereocenters. The molecule has 2 heterocycles. The smallest absolute Gasteiger partial charge is 0.229 e. The summed E-state index contributed by atoms with van der Waals surface area (Å²) >= 11 is 7.18. The Labute approximate surface area is 122 Å². The lowest BCUT2D eigenvalue weighted by atomic mass is 9.98. The molecule has 0 aromatic carbocycles. The van der Waals surface area contributed by atoms with Crippen LogP contribution in [0, 0.1) is 0 Å². The van der Waals surface area contributed by atoms with Gasteiger partial charge in [-0.2, -0.15) is 0 Å². The van der Waals surface area contributed by atoms with Gasteiger partial charge >= 0.3 is 0 Å². The SMILES string of the molecule is CC1(O)CCCN(C(=O)Cc2nc(CCl)cs2)CC1. The Hall–Kier alpha value is -0.650. The van der Waals surface area contributed by atoms with E-state index in [4.69, 9.17) is 11.6 Å². The number of aliphatic hydroxyl groups is 1. The highest BCUT2D eigenvalue weighted by molar-refractivity contribution is 7.09. The Balaban J connectivity index is 1.92. The maximum absolute atomic E-state index is 12.2. The van der Waals surface area contributed by atoms with Crippen LogP contribution in [0.2, 0.25) is 0 Å². The number of carbonyl (C=O) groups excluding carboxylic acids is 1. The van der Waals surface area contributed by atoms with Gasteiger partial charge < -0.3 is 10.0 Å². The average molecular weight is 303 g/mol. The van der Waals surface area contributed by atoms with Crippen molar-refractivity contribution in [2.75, 3.05) is 13.1 Å². The quantitative estimate of drug-likeness (QED) is 0.871. The molecule has 1 fully saturated rings. The van der Waals surface area contributed by atoms with Crippen LogP contribution in [-0.4, -0.2) is 39.6 Å². The van der Waals surface area contributed by atoms with Crippen molar-refractivity contribution in [3.8, 4) is 0 Å². The number of aromatic nitrogens is 1. The van der Waals surface area contributed by atoms with Gasteiger partial charge in [-0.05, 0) is 26.2 Å². The molecule has 0 bridgehead atoms. The first-order valence-corrected chi connectivity index (χ1v) is 7.91. The molecule has 1 aromatic heterocycles. The van der Waals surface area contributed by atoms with Crippen LogP contribution < -0.4 is 0 Å². The fraction of sp³-hybridized carbons (Fsp3) is 0.692. The van der Waals surface area contributed by atoms with Crippen LogP contribution >= 0.6 is 22.9 Å². The van der Waals surface area contributed by atoms with Gasteiger partial charge in [0.2, 0.25) is 5.91 Å². The predicted molar refractivity (Wildman–Crippen MR) is 76.4 cm³/mol. The number of carbonyl (C=O) groups is 1. The zero-order valence-electron chi connectivity index (χ0n) is 11.1. The van der Waals surface area contributed by atoms with Crippen LogP contribution in [0.1, 0.15) is 36.9 Å². The summed E-state index contributed by atoms with van der Waals surface area (Å²) in [6.07, 6.45) is 2.58. The molecule has 1 aromatic rings. The monoisotopic (exact) mass is 302 g/mol. The molecule has 1 aliphatic rings. The van der Waals surface area contributed by atoms with Crippen LogP contribution in [-0.2, 0) is 17.1 Å². The second-order valence-corrected chi connectivity index (χ2v) is 6.48. The summed E-state index contributed by atoms with van der Waals surface area (Å²) in [4.78, 5) is 18.3. The number of hydrogen-bond acceptors (Lipinski definition) is 4. The molecule has 106 valence electrons. The molecule has 19 heavy (non-hydrogen) atoms. The maximum atomic E-state index is 12.2. The van der Waals surface area contributed by atoms with E-state index < -0.39 is 5.60 Å². The molecule has 6 heteroatoms. The standard InChI is InChI=1S/C13H19ClN2O2S/c1-13(18)3-2-5-16(6-4-13)12(17)7-11-15-10(8-14)9-19-11/h9,18H,2-8H2,1H3. The summed E-state index contributed by atoms with van der Waals surface area (Å²) in [6, 6.07) is 0. The average Bonchev–Trinajstić information content (AvgIpc) is 2.72. The van der Waals surface area contributed by atoms with E-state index in [1.165, 1.54) is 11.3 Å². The fourth-order valence-corrected chi connectivity index (χ4v) is 3.26. The van der Waals surface area contributed by atoms with Crippen molar-refractivity contribution in [3.63, 3.8) is 0 Å². The van der Waals surface area contributed by atoms with Gasteiger partial charge in [0.1, 0.15) is 5.01 Å². The van der Waals surface area contributed by atoms with Crippen molar-refractivity contribution in [2.24, 2.45) is 0 Å². The van der Waals surface area contributed by atoms with Gasteiger partial charge in [-0.25, -0.2) is 4.98 Å². The second-order valence-electron chi connectivity index (χ2n) is 5.27. The molecule has 1 unspecified atom stereocenters. The second kappa shape index (κ2) is 6.20. The third-order valence-electron chi connectivity index (χ3n) is 3.46. The summed E-state index contributed by atoms with van der Waals surface area (Å²) in [5.41, 5.74) is 0.190. The van der Waals surface area contributed by atoms with Crippen molar-refractivity contribution in [1.29, 1.82) is 0 Å². The lowest BCUT2D eigenvalue weighted by Crippen LogP contribution is -2.34. The normalized spacial score (nSPS) is 24.3. The van der Waals surface area contributed by atoms with E-state index in [0.29, 0.717) is 25.3 Å². The van der Waals surface area contributed by atoms with Gasteiger partial charge in [0.05, 0.1) is 23.6 Å². The fourth-order valence-electron chi connectivity index (χ4n) is 2.25. The molecule has 1 aliphatic heterocycles. The van der Waals surface area contributed by atoms with Gasteiger partial charge in [0.25, 0.3) is 0 Å². The van der Waals surface area contributed by atoms with E-state index in [0.717, 1.165) is 30.1 Å². The van der Waals surface area contributed by atoms with Crippen LogP contribution in [0.5, 0.6) is 0 Å². The van der Waals surface area contributed by atoms with Crippen molar-refractivity contribution in [3.05, 3.63) is 16.1 Å². The van der Waals surface area contributed by atoms with E-state index >= 15 is 0 Å². The lowest BCUT2D eigenvalue weighted by molar-refractivity contribution is -0.130. The number of amides is 1. The number of likely N-dealkylation sites (tertiary alicyclic amines) is 1. The molecular formula is C13H19ClN2O2S. The maximum Gasteiger partial charge on any atom is 0.229 e. The first-order valence-electron chi connectivity index (χ1n) is 6.49. The van der Waals surface area contributed by atoms with Crippen LogP contribution in [0.15, 0.2) is 5.38 Å². The minimum Gasteiger partial charge on any atom is -0.390 e. The molecule has 1 saturated heterocycles. The van der Waals surface area contributed by atoms with Crippen LogP contribution in [0.4, 0.5) is 0 Å². The minimum absolute atomic E-state index is 0.0909. The number of nitrogens with zero attached hydrogens (tertiary/aromatic N) is 2. The third kappa shape index (κ3) is 4.16. The summed E-state index contributed by atoms with van der Waals surface area (Å²) in [7, 11) is 0. The summed E-state index contributed by atoms with van der Waals surface area (Å²) in [5, 5.41) is 12.7. The van der Waals surface area contributed by atoms with Crippen molar-refractivity contribution >= 4 is 28.8 Å². The number of thiazole rings is 1. The Bertz CT molecular complexity index is 448. The Kier molecular flexibility index (Phi) is 4.81. The molecule has 2 rings (SSSR count). The molecule has 1 N–H and O–H groups in total. The molecular weight excluding hydrogens is 284 g/mol. The molecule has 0 aliphatic carbocycles. The molecule has 1 amide bonds. The van der Waals surface area contributed by atoms with Crippen LogP contribution in [0.25, 0.3) is 0 Å². The predicted octanol–water partition coefficient (Wildman–Crippen LogP) is 2.19. The number of alkyl halides is 1. The largest absolute Gasteiger partial charge is 0.390 e. The third-order valence-corrected chi connectivity index (χ3v) is 4.63. The topological polar surface area (TPSA) is 53.4 Å². The van der Waals surface area contributed by atoms with Gasteiger partial charge in [0.15, 0.2) is 0 Å². The zero-order chi connectivity index (χ0) is 13.9. The van der Waals surface area contributed by atoms with Crippen molar-refractivity contribution < 1.29 is 9.90 Å². The van der Waals surface area contributed by atoms with E-state index in [1.807, 2.05) is 17.2 Å². The first kappa shape index (κ1) is 14.8. The van der Waals surface area contributed by atoms with Crippen LogP contribution in [0.3, 0.4) is 0 Å². The van der Waals surface area contributed by atoms with Crippen molar-refractivity contribution in [1.82, 2.24) is 9.88 Å². The highest BCUT2D eigenvalue weighted by Crippen LogP contribution is 2.22.